The topological polar surface area (TPSA) is 74.6 Å². The van der Waals surface area contributed by atoms with Crippen molar-refractivity contribution in [3.8, 4) is 11.1 Å². The first-order valence-corrected chi connectivity index (χ1v) is 9.35. The van der Waals surface area contributed by atoms with Crippen molar-refractivity contribution >= 4 is 18.7 Å². The van der Waals surface area contributed by atoms with Crippen LogP contribution in [0.2, 0.25) is 0 Å². The summed E-state index contributed by atoms with van der Waals surface area (Å²) in [4.78, 5) is 32.7. The molecule has 0 spiro atoms. The molecule has 0 bridgehead atoms. The smallest absolute Gasteiger partial charge is 0.321 e. The minimum Gasteiger partial charge on any atom is -0.321 e. The number of aryl methyl sites for hydroxylation is 1. The highest BCUT2D eigenvalue weighted by Crippen LogP contribution is 2.38. The zero-order chi connectivity index (χ0) is 18.0. The van der Waals surface area contributed by atoms with Crippen LogP contribution in [-0.4, -0.2) is 15.6 Å². The van der Waals surface area contributed by atoms with Crippen LogP contribution in [0.3, 0.4) is 0 Å². The summed E-state index contributed by atoms with van der Waals surface area (Å²) in [6.45, 7) is 1.80. The van der Waals surface area contributed by atoms with Gasteiger partial charge in [-0.15, -0.1) is 0 Å². The maximum absolute atomic E-state index is 13.2. The van der Waals surface area contributed by atoms with Gasteiger partial charge in [0, 0.05) is 11.1 Å². The van der Waals surface area contributed by atoms with Gasteiger partial charge >= 0.3 is 7.60 Å². The van der Waals surface area contributed by atoms with Gasteiger partial charge in [-0.2, -0.15) is 0 Å². The molecule has 2 N–H and O–H groups in total. The van der Waals surface area contributed by atoms with Gasteiger partial charge < -0.3 is 9.79 Å². The van der Waals surface area contributed by atoms with Crippen LogP contribution in [0.1, 0.15) is 21.5 Å². The Hall–Kier alpha value is -2.52. The molecule has 3 aromatic rings. The minimum absolute atomic E-state index is 0.0522. The second-order valence-corrected chi connectivity index (χ2v) is 7.32. The molecule has 4 nitrogen and oxygen atoms in total. The van der Waals surface area contributed by atoms with E-state index in [-0.39, 0.29) is 10.9 Å². The van der Waals surface area contributed by atoms with Crippen LogP contribution in [0.15, 0.2) is 72.8 Å². The number of benzene rings is 3. The van der Waals surface area contributed by atoms with E-state index in [9.17, 15) is 19.1 Å². The van der Waals surface area contributed by atoms with E-state index in [2.05, 4.69) is 0 Å². The SMILES string of the molecule is Cc1ccccc1C(=O)c1c(-c2ccccc2)cccc1P(=O)(O)O. The molecule has 3 rings (SSSR count). The Bertz CT molecular complexity index is 974. The average Bonchev–Trinajstić information content (AvgIpc) is 2.61. The maximum atomic E-state index is 13.2. The van der Waals surface area contributed by atoms with Crippen LogP contribution in [0.25, 0.3) is 11.1 Å². The molecule has 0 aliphatic rings. The third-order valence-corrected chi connectivity index (χ3v) is 5.06. The van der Waals surface area contributed by atoms with E-state index in [1.165, 1.54) is 6.07 Å². The Kier molecular flexibility index (Phi) is 4.69. The van der Waals surface area contributed by atoms with Gasteiger partial charge in [0.1, 0.15) is 0 Å². The lowest BCUT2D eigenvalue weighted by Gasteiger charge is -2.16. The van der Waals surface area contributed by atoms with Gasteiger partial charge in [0.05, 0.1) is 5.30 Å². The minimum atomic E-state index is -4.61. The molecule has 0 atom stereocenters. The Morgan fingerprint density at radius 1 is 0.840 bits per heavy atom. The van der Waals surface area contributed by atoms with E-state index in [1.54, 1.807) is 37.3 Å². The molecule has 25 heavy (non-hydrogen) atoms. The largest absolute Gasteiger partial charge is 0.356 e. The van der Waals surface area contributed by atoms with Crippen molar-refractivity contribution in [1.82, 2.24) is 0 Å². The zero-order valence-electron chi connectivity index (χ0n) is 13.6. The second kappa shape index (κ2) is 6.77. The molecule has 0 saturated carbocycles. The van der Waals surface area contributed by atoms with Crippen LogP contribution in [-0.2, 0) is 4.57 Å². The second-order valence-electron chi connectivity index (χ2n) is 5.75. The van der Waals surface area contributed by atoms with Gasteiger partial charge in [0.15, 0.2) is 5.78 Å². The summed E-state index contributed by atoms with van der Waals surface area (Å²) in [6.07, 6.45) is 0. The molecule has 0 aliphatic carbocycles. The first-order valence-electron chi connectivity index (χ1n) is 7.74. The van der Waals surface area contributed by atoms with Crippen molar-refractivity contribution < 1.29 is 19.1 Å². The maximum Gasteiger partial charge on any atom is 0.356 e. The number of ketones is 1. The first kappa shape index (κ1) is 17.3. The highest BCUT2D eigenvalue weighted by molar-refractivity contribution is 7.60. The number of rotatable bonds is 4. The van der Waals surface area contributed by atoms with E-state index >= 15 is 0 Å². The Labute approximate surface area is 145 Å². The number of carbonyl (C=O) groups is 1. The van der Waals surface area contributed by atoms with Crippen LogP contribution >= 0.6 is 7.60 Å². The third kappa shape index (κ3) is 3.47. The number of hydrogen-bond acceptors (Lipinski definition) is 2. The highest BCUT2D eigenvalue weighted by atomic mass is 31.2. The molecule has 0 heterocycles. The Morgan fingerprint density at radius 2 is 1.48 bits per heavy atom. The highest BCUT2D eigenvalue weighted by Gasteiger charge is 2.28. The predicted octanol–water partition coefficient (Wildman–Crippen LogP) is 3.70. The molecular weight excluding hydrogens is 335 g/mol. The summed E-state index contributed by atoms with van der Waals surface area (Å²) in [5, 5.41) is -0.248. The van der Waals surface area contributed by atoms with Gasteiger partial charge in [0.2, 0.25) is 0 Å². The van der Waals surface area contributed by atoms with Crippen molar-refractivity contribution in [3.63, 3.8) is 0 Å². The number of hydrogen-bond donors (Lipinski definition) is 2. The predicted molar refractivity (Wildman–Crippen MR) is 98.2 cm³/mol. The quantitative estimate of drug-likeness (QED) is 0.555. The Balaban J connectivity index is 2.31. The molecule has 0 saturated heterocycles. The molecule has 0 aliphatic heterocycles. The van der Waals surface area contributed by atoms with Crippen molar-refractivity contribution in [2.45, 2.75) is 6.92 Å². The van der Waals surface area contributed by atoms with Crippen LogP contribution in [0, 0.1) is 6.92 Å². The van der Waals surface area contributed by atoms with Gasteiger partial charge in [0.25, 0.3) is 0 Å². The molecule has 0 amide bonds. The molecule has 0 unspecified atom stereocenters. The van der Waals surface area contributed by atoms with Gasteiger partial charge in [-0.05, 0) is 29.7 Å². The van der Waals surface area contributed by atoms with Gasteiger partial charge in [-0.1, -0.05) is 66.7 Å². The number of carbonyl (C=O) groups excluding carboxylic acids is 1. The average molecular weight is 352 g/mol. The molecule has 0 fully saturated rings. The molecule has 0 aromatic heterocycles. The lowest BCUT2D eigenvalue weighted by molar-refractivity contribution is 0.103. The molecule has 0 radical (unpaired) electrons. The summed E-state index contributed by atoms with van der Waals surface area (Å²) in [7, 11) is -4.61. The fraction of sp³-hybridized carbons (Fsp3) is 0.0500. The fourth-order valence-electron chi connectivity index (χ4n) is 2.84. The normalized spacial score (nSPS) is 11.3. The summed E-state index contributed by atoms with van der Waals surface area (Å²) < 4.78 is 12.0. The molecule has 3 aromatic carbocycles. The van der Waals surface area contributed by atoms with Crippen molar-refractivity contribution in [2.75, 3.05) is 0 Å². The third-order valence-electron chi connectivity index (χ3n) is 4.06. The first-order chi connectivity index (χ1) is 11.9. The van der Waals surface area contributed by atoms with E-state index in [4.69, 9.17) is 0 Å². The lowest BCUT2D eigenvalue weighted by atomic mass is 9.92. The van der Waals surface area contributed by atoms with E-state index < -0.39 is 13.4 Å². The van der Waals surface area contributed by atoms with E-state index in [1.807, 2.05) is 36.4 Å². The van der Waals surface area contributed by atoms with E-state index in [0.29, 0.717) is 11.1 Å². The van der Waals surface area contributed by atoms with Crippen LogP contribution in [0.5, 0.6) is 0 Å². The van der Waals surface area contributed by atoms with Crippen LogP contribution < -0.4 is 5.30 Å². The monoisotopic (exact) mass is 352 g/mol. The lowest BCUT2D eigenvalue weighted by Crippen LogP contribution is -2.19. The zero-order valence-corrected chi connectivity index (χ0v) is 14.5. The molecule has 5 heteroatoms. The molecule has 126 valence electrons. The Morgan fingerprint density at radius 3 is 2.12 bits per heavy atom. The van der Waals surface area contributed by atoms with Gasteiger partial charge in [-0.3, -0.25) is 9.36 Å². The van der Waals surface area contributed by atoms with Crippen molar-refractivity contribution in [2.24, 2.45) is 0 Å². The van der Waals surface area contributed by atoms with Crippen molar-refractivity contribution in [3.05, 3.63) is 89.5 Å². The van der Waals surface area contributed by atoms with Crippen molar-refractivity contribution in [1.29, 1.82) is 0 Å². The van der Waals surface area contributed by atoms with Gasteiger partial charge in [-0.25, -0.2) is 0 Å². The fourth-order valence-corrected chi connectivity index (χ4v) is 3.64. The van der Waals surface area contributed by atoms with E-state index in [0.717, 1.165) is 11.1 Å². The summed E-state index contributed by atoms with van der Waals surface area (Å²) in [5.41, 5.74) is 2.48. The van der Waals surface area contributed by atoms with Crippen LogP contribution in [0.4, 0.5) is 0 Å². The standard InChI is InChI=1S/C20H17O4P/c1-14-8-5-6-11-16(14)20(21)19-17(15-9-3-2-4-10-15)12-7-13-18(19)25(22,23)24/h2-13H,1H3,(H2,22,23,24). The summed E-state index contributed by atoms with van der Waals surface area (Å²) in [6, 6.07) is 20.7. The summed E-state index contributed by atoms with van der Waals surface area (Å²) >= 11 is 0. The molecular formula is C20H17O4P. The summed E-state index contributed by atoms with van der Waals surface area (Å²) in [5.74, 6) is -0.393.